The first-order valence-corrected chi connectivity index (χ1v) is 9.27. The van der Waals surface area contributed by atoms with Crippen molar-refractivity contribution in [2.75, 3.05) is 5.32 Å². The van der Waals surface area contributed by atoms with E-state index in [0.29, 0.717) is 15.4 Å². The van der Waals surface area contributed by atoms with Crippen molar-refractivity contribution in [3.63, 3.8) is 0 Å². The zero-order chi connectivity index (χ0) is 17.8. The van der Waals surface area contributed by atoms with E-state index < -0.39 is 5.97 Å². The zero-order valence-electron chi connectivity index (χ0n) is 13.7. The van der Waals surface area contributed by atoms with Crippen LogP contribution in [0.25, 0.3) is 0 Å². The number of benzene rings is 1. The molecule has 0 unspecified atom stereocenters. The smallest absolute Gasteiger partial charge is 0.348 e. The maximum Gasteiger partial charge on any atom is 0.348 e. The van der Waals surface area contributed by atoms with Crippen LogP contribution in [0.3, 0.4) is 0 Å². The van der Waals surface area contributed by atoms with Crippen molar-refractivity contribution in [2.45, 2.75) is 20.5 Å². The number of hydrogen-bond donors (Lipinski definition) is 1. The number of carbonyl (C=O) groups excluding carboxylic acids is 2. The molecule has 0 aliphatic carbocycles. The average molecular weight is 372 g/mol. The van der Waals surface area contributed by atoms with Gasteiger partial charge in [0.15, 0.2) is 10.9 Å². The molecule has 0 saturated carbocycles. The molecule has 0 atom stereocenters. The molecule has 0 spiro atoms. The summed E-state index contributed by atoms with van der Waals surface area (Å²) in [6.07, 6.45) is 0. The summed E-state index contributed by atoms with van der Waals surface area (Å²) in [5, 5.41) is 5.81. The first kappa shape index (κ1) is 17.3. The van der Waals surface area contributed by atoms with Gasteiger partial charge in [0.1, 0.15) is 11.5 Å². The summed E-state index contributed by atoms with van der Waals surface area (Å²) in [4.78, 5) is 28.7. The van der Waals surface area contributed by atoms with Gasteiger partial charge in [-0.1, -0.05) is 17.7 Å². The van der Waals surface area contributed by atoms with Crippen molar-refractivity contribution in [2.24, 2.45) is 0 Å². The van der Waals surface area contributed by atoms with Crippen LogP contribution in [0.1, 0.15) is 37.5 Å². The van der Waals surface area contributed by atoms with Gasteiger partial charge in [-0.25, -0.2) is 9.78 Å². The van der Waals surface area contributed by atoms with Crippen LogP contribution >= 0.6 is 22.7 Å². The van der Waals surface area contributed by atoms with Gasteiger partial charge in [0.25, 0.3) is 0 Å². The lowest BCUT2D eigenvalue weighted by molar-refractivity contribution is 0.0474. The predicted molar refractivity (Wildman–Crippen MR) is 100 cm³/mol. The van der Waals surface area contributed by atoms with Gasteiger partial charge < -0.3 is 10.1 Å². The van der Waals surface area contributed by atoms with E-state index in [9.17, 15) is 9.59 Å². The SMILES string of the molecule is CC(=O)c1ccc(C(=O)OCc2csc(Nc3ccc(C)cc3)n2)s1. The number of thiazole rings is 1. The summed E-state index contributed by atoms with van der Waals surface area (Å²) in [7, 11) is 0. The molecule has 0 fully saturated rings. The predicted octanol–water partition coefficient (Wildman–Crippen LogP) is 4.82. The van der Waals surface area contributed by atoms with Crippen molar-refractivity contribution in [3.8, 4) is 0 Å². The molecule has 1 aromatic carbocycles. The molecule has 0 bridgehead atoms. The van der Waals surface area contributed by atoms with Gasteiger partial charge >= 0.3 is 5.97 Å². The minimum absolute atomic E-state index is 0.0598. The zero-order valence-corrected chi connectivity index (χ0v) is 15.4. The number of carbonyl (C=O) groups is 2. The van der Waals surface area contributed by atoms with Gasteiger partial charge in [-0.15, -0.1) is 22.7 Å². The Balaban J connectivity index is 1.56. The van der Waals surface area contributed by atoms with Crippen LogP contribution in [0, 0.1) is 6.92 Å². The van der Waals surface area contributed by atoms with E-state index in [2.05, 4.69) is 10.3 Å². The third-order valence-corrected chi connectivity index (χ3v) is 5.33. The van der Waals surface area contributed by atoms with Crippen molar-refractivity contribution in [1.82, 2.24) is 4.98 Å². The largest absolute Gasteiger partial charge is 0.455 e. The third kappa shape index (κ3) is 4.52. The van der Waals surface area contributed by atoms with E-state index in [0.717, 1.165) is 22.2 Å². The van der Waals surface area contributed by atoms with Crippen molar-refractivity contribution < 1.29 is 14.3 Å². The summed E-state index contributed by atoms with van der Waals surface area (Å²) in [6.45, 7) is 3.60. The first-order valence-electron chi connectivity index (χ1n) is 7.57. The number of nitrogens with one attached hydrogen (secondary N) is 1. The van der Waals surface area contributed by atoms with Crippen molar-refractivity contribution in [3.05, 3.63) is 62.8 Å². The molecular weight excluding hydrogens is 356 g/mol. The number of ether oxygens (including phenoxy) is 1. The standard InChI is InChI=1S/C18H16N2O3S2/c1-11-3-5-13(6-4-11)19-18-20-14(10-24-18)9-23-17(22)16-8-7-15(25-16)12(2)21/h3-8,10H,9H2,1-2H3,(H,19,20). The highest BCUT2D eigenvalue weighted by atomic mass is 32.1. The van der Waals surface area contributed by atoms with Crippen LogP contribution < -0.4 is 5.32 Å². The Morgan fingerprint density at radius 1 is 1.12 bits per heavy atom. The molecule has 0 aliphatic heterocycles. The Labute approximate surface area is 153 Å². The van der Waals surface area contributed by atoms with E-state index in [4.69, 9.17) is 4.74 Å². The van der Waals surface area contributed by atoms with Crippen LogP contribution in [0.5, 0.6) is 0 Å². The number of rotatable bonds is 6. The van der Waals surface area contributed by atoms with E-state index in [-0.39, 0.29) is 12.4 Å². The fraction of sp³-hybridized carbons (Fsp3) is 0.167. The van der Waals surface area contributed by atoms with Crippen LogP contribution in [-0.2, 0) is 11.3 Å². The molecule has 3 aromatic rings. The Kier molecular flexibility index (Phi) is 5.25. The molecular formula is C18H16N2O3S2. The maximum absolute atomic E-state index is 12.0. The van der Waals surface area contributed by atoms with Crippen molar-refractivity contribution >= 4 is 45.2 Å². The molecule has 1 N–H and O–H groups in total. The lowest BCUT2D eigenvalue weighted by Crippen LogP contribution is -2.03. The van der Waals surface area contributed by atoms with Crippen LogP contribution in [0.4, 0.5) is 10.8 Å². The minimum atomic E-state index is -0.446. The summed E-state index contributed by atoms with van der Waals surface area (Å²) in [5.74, 6) is -0.506. The van der Waals surface area contributed by atoms with E-state index in [1.807, 2.05) is 36.6 Å². The number of esters is 1. The number of nitrogens with zero attached hydrogens (tertiary/aromatic N) is 1. The molecule has 128 valence electrons. The van der Waals surface area contributed by atoms with Gasteiger partial charge in [-0.05, 0) is 38.1 Å². The number of anilines is 2. The highest BCUT2D eigenvalue weighted by Crippen LogP contribution is 2.22. The van der Waals surface area contributed by atoms with Crippen LogP contribution in [0.15, 0.2) is 41.8 Å². The topological polar surface area (TPSA) is 68.3 Å². The van der Waals surface area contributed by atoms with Gasteiger partial charge in [0, 0.05) is 11.1 Å². The van der Waals surface area contributed by atoms with Gasteiger partial charge in [0.05, 0.1) is 10.6 Å². The molecule has 7 heteroatoms. The summed E-state index contributed by atoms with van der Waals surface area (Å²) < 4.78 is 5.26. The quantitative estimate of drug-likeness (QED) is 0.496. The second kappa shape index (κ2) is 7.58. The number of aromatic nitrogens is 1. The average Bonchev–Trinajstić information content (AvgIpc) is 3.24. The van der Waals surface area contributed by atoms with Gasteiger partial charge in [-0.2, -0.15) is 0 Å². The van der Waals surface area contributed by atoms with Gasteiger partial charge in [0.2, 0.25) is 0 Å². The highest BCUT2D eigenvalue weighted by molar-refractivity contribution is 7.15. The minimum Gasteiger partial charge on any atom is -0.455 e. The first-order chi connectivity index (χ1) is 12.0. The monoisotopic (exact) mass is 372 g/mol. The summed E-state index contributed by atoms with van der Waals surface area (Å²) >= 11 is 2.59. The number of thiophene rings is 1. The third-order valence-electron chi connectivity index (χ3n) is 3.36. The normalized spacial score (nSPS) is 10.5. The fourth-order valence-corrected chi connectivity index (χ4v) is 3.55. The van der Waals surface area contributed by atoms with E-state index in [1.165, 1.54) is 23.8 Å². The van der Waals surface area contributed by atoms with Crippen LogP contribution in [0.2, 0.25) is 0 Å². The molecule has 0 aliphatic rings. The van der Waals surface area contributed by atoms with E-state index >= 15 is 0 Å². The van der Waals surface area contributed by atoms with Gasteiger partial charge in [-0.3, -0.25) is 4.79 Å². The molecule has 0 radical (unpaired) electrons. The number of ketones is 1. The fourth-order valence-electron chi connectivity index (χ4n) is 2.04. The molecule has 2 aromatic heterocycles. The molecule has 0 amide bonds. The Bertz CT molecular complexity index is 897. The number of aryl methyl sites for hydroxylation is 1. The Morgan fingerprint density at radius 3 is 2.52 bits per heavy atom. The summed E-state index contributed by atoms with van der Waals surface area (Å²) in [6, 6.07) is 11.3. The highest BCUT2D eigenvalue weighted by Gasteiger charge is 2.13. The van der Waals surface area contributed by atoms with Crippen molar-refractivity contribution in [1.29, 1.82) is 0 Å². The van der Waals surface area contributed by atoms with Crippen LogP contribution in [-0.4, -0.2) is 16.7 Å². The molecule has 3 rings (SSSR count). The second-order valence-electron chi connectivity index (χ2n) is 5.43. The lowest BCUT2D eigenvalue weighted by Gasteiger charge is -2.03. The molecule has 25 heavy (non-hydrogen) atoms. The van der Waals surface area contributed by atoms with E-state index in [1.54, 1.807) is 12.1 Å². The second-order valence-corrected chi connectivity index (χ2v) is 7.37. The lowest BCUT2D eigenvalue weighted by atomic mass is 10.2. The molecule has 5 nitrogen and oxygen atoms in total. The summed E-state index contributed by atoms with van der Waals surface area (Å²) in [5.41, 5.74) is 2.83. The maximum atomic E-state index is 12.0. The molecule has 2 heterocycles. The number of Topliss-reactive ketones (excluding diaryl/α,β-unsaturated/α-hetero) is 1. The number of hydrogen-bond acceptors (Lipinski definition) is 7. The Hall–Kier alpha value is -2.51. The Morgan fingerprint density at radius 2 is 1.84 bits per heavy atom. The molecule has 0 saturated heterocycles.